The highest BCUT2D eigenvalue weighted by atomic mass is 35.5. The molecule has 0 saturated heterocycles. The van der Waals surface area contributed by atoms with Crippen molar-refractivity contribution in [3.05, 3.63) is 45.2 Å². The number of ether oxygens (including phenoxy) is 1. The van der Waals surface area contributed by atoms with Gasteiger partial charge in [0.25, 0.3) is 0 Å². The van der Waals surface area contributed by atoms with E-state index in [0.717, 1.165) is 0 Å². The fourth-order valence-electron chi connectivity index (χ4n) is 1.29. The lowest BCUT2D eigenvalue weighted by atomic mass is 10.2. The third-order valence-electron chi connectivity index (χ3n) is 2.08. The number of rotatable bonds is 3. The van der Waals surface area contributed by atoms with E-state index in [9.17, 15) is 4.79 Å². The van der Waals surface area contributed by atoms with Crippen LogP contribution in [0.4, 0.5) is 0 Å². The zero-order chi connectivity index (χ0) is 14.0. The monoisotopic (exact) mass is 318 g/mol. The van der Waals surface area contributed by atoms with E-state index in [0.29, 0.717) is 0 Å². The van der Waals surface area contributed by atoms with Crippen LogP contribution in [0.25, 0.3) is 0 Å². The molecular formula is C11H5Cl3N2O3. The van der Waals surface area contributed by atoms with Crippen LogP contribution in [-0.4, -0.2) is 21.3 Å². The molecule has 2 aromatic rings. The van der Waals surface area contributed by atoms with Crippen LogP contribution >= 0.6 is 34.8 Å². The molecule has 0 spiro atoms. The van der Waals surface area contributed by atoms with Gasteiger partial charge in [0, 0.05) is 11.1 Å². The Hall–Kier alpha value is -1.56. The van der Waals surface area contributed by atoms with Crippen LogP contribution in [0.3, 0.4) is 0 Å². The molecule has 1 aromatic heterocycles. The van der Waals surface area contributed by atoms with Gasteiger partial charge in [0.1, 0.15) is 11.3 Å². The van der Waals surface area contributed by atoms with Gasteiger partial charge in [-0.15, -0.1) is 10.2 Å². The van der Waals surface area contributed by atoms with Crippen LogP contribution in [-0.2, 0) is 0 Å². The number of hydrogen-bond acceptors (Lipinski definition) is 4. The smallest absolute Gasteiger partial charge is 0.339 e. The summed E-state index contributed by atoms with van der Waals surface area (Å²) >= 11 is 17.2. The van der Waals surface area contributed by atoms with Gasteiger partial charge >= 0.3 is 5.97 Å². The number of carbonyl (C=O) groups is 1. The lowest BCUT2D eigenvalue weighted by Gasteiger charge is -2.09. The fourth-order valence-corrected chi connectivity index (χ4v) is 1.73. The number of nitrogens with zero attached hydrogens (tertiary/aromatic N) is 2. The molecule has 0 aliphatic carbocycles. The highest BCUT2D eigenvalue weighted by molar-refractivity contribution is 6.32. The van der Waals surface area contributed by atoms with Gasteiger partial charge in [-0.3, -0.25) is 0 Å². The third kappa shape index (κ3) is 3.26. The molecular weight excluding hydrogens is 314 g/mol. The first-order chi connectivity index (χ1) is 8.97. The molecule has 0 aliphatic rings. The molecule has 0 aliphatic heterocycles. The molecule has 0 saturated carbocycles. The molecule has 2 rings (SSSR count). The van der Waals surface area contributed by atoms with Gasteiger partial charge in [-0.1, -0.05) is 34.8 Å². The Balaban J connectivity index is 2.43. The van der Waals surface area contributed by atoms with Crippen molar-refractivity contribution in [1.82, 2.24) is 10.2 Å². The average Bonchev–Trinajstić information content (AvgIpc) is 2.35. The van der Waals surface area contributed by atoms with Gasteiger partial charge in [-0.25, -0.2) is 4.79 Å². The summed E-state index contributed by atoms with van der Waals surface area (Å²) in [5.74, 6) is -1.00. The summed E-state index contributed by atoms with van der Waals surface area (Å²) in [6.45, 7) is 0. The van der Waals surface area contributed by atoms with Crippen molar-refractivity contribution in [2.24, 2.45) is 0 Å². The van der Waals surface area contributed by atoms with Crippen LogP contribution in [0.1, 0.15) is 10.4 Å². The van der Waals surface area contributed by atoms with Gasteiger partial charge in [0.15, 0.2) is 16.1 Å². The minimum Gasteiger partial charge on any atom is -0.478 e. The largest absolute Gasteiger partial charge is 0.478 e. The predicted molar refractivity (Wildman–Crippen MR) is 70.5 cm³/mol. The SMILES string of the molecule is O=C(O)c1cc(Cl)ccc1Oc1cc(Cl)nnc1Cl. The van der Waals surface area contributed by atoms with E-state index in [1.165, 1.54) is 24.3 Å². The van der Waals surface area contributed by atoms with Gasteiger partial charge < -0.3 is 9.84 Å². The maximum absolute atomic E-state index is 11.1. The summed E-state index contributed by atoms with van der Waals surface area (Å²) in [6.07, 6.45) is 0. The van der Waals surface area contributed by atoms with Crippen LogP contribution in [0, 0.1) is 0 Å². The Kier molecular flexibility index (Phi) is 4.09. The number of benzene rings is 1. The molecule has 1 heterocycles. The molecule has 1 N–H and O–H groups in total. The van der Waals surface area contributed by atoms with Crippen LogP contribution in [0.2, 0.25) is 15.3 Å². The molecule has 1 aromatic carbocycles. The van der Waals surface area contributed by atoms with E-state index in [2.05, 4.69) is 10.2 Å². The second-order valence-electron chi connectivity index (χ2n) is 3.37. The molecule has 0 atom stereocenters. The van der Waals surface area contributed by atoms with Crippen molar-refractivity contribution in [3.8, 4) is 11.5 Å². The Morgan fingerprint density at radius 1 is 1.11 bits per heavy atom. The zero-order valence-corrected chi connectivity index (χ0v) is 11.4. The Bertz CT molecular complexity index is 649. The Morgan fingerprint density at radius 3 is 2.53 bits per heavy atom. The predicted octanol–water partition coefficient (Wildman–Crippen LogP) is 3.93. The minimum absolute atomic E-state index is 0.0318. The quantitative estimate of drug-likeness (QED) is 0.928. The maximum atomic E-state index is 11.1. The lowest BCUT2D eigenvalue weighted by Crippen LogP contribution is -2.00. The van der Waals surface area contributed by atoms with Crippen molar-refractivity contribution in [1.29, 1.82) is 0 Å². The Labute approximate surface area is 122 Å². The molecule has 0 radical (unpaired) electrons. The molecule has 0 fully saturated rings. The second-order valence-corrected chi connectivity index (χ2v) is 4.55. The van der Waals surface area contributed by atoms with Crippen molar-refractivity contribution in [2.75, 3.05) is 0 Å². The van der Waals surface area contributed by atoms with Crippen LogP contribution in [0.5, 0.6) is 11.5 Å². The number of hydrogen-bond donors (Lipinski definition) is 1. The molecule has 19 heavy (non-hydrogen) atoms. The van der Waals surface area contributed by atoms with Gasteiger partial charge in [0.05, 0.1) is 0 Å². The first kappa shape index (κ1) is 13.9. The van der Waals surface area contributed by atoms with Crippen molar-refractivity contribution in [2.45, 2.75) is 0 Å². The summed E-state index contributed by atoms with van der Waals surface area (Å²) in [5.41, 5.74) is -0.100. The summed E-state index contributed by atoms with van der Waals surface area (Å²) in [4.78, 5) is 11.1. The minimum atomic E-state index is -1.18. The molecule has 8 heteroatoms. The first-order valence-corrected chi connectivity index (χ1v) is 6.00. The average molecular weight is 320 g/mol. The zero-order valence-electron chi connectivity index (χ0n) is 9.10. The number of carboxylic acids is 1. The van der Waals surface area contributed by atoms with Crippen molar-refractivity contribution >= 4 is 40.8 Å². The van der Waals surface area contributed by atoms with E-state index >= 15 is 0 Å². The van der Waals surface area contributed by atoms with Crippen molar-refractivity contribution < 1.29 is 14.6 Å². The summed E-state index contributed by atoms with van der Waals surface area (Å²) in [5, 5.41) is 16.5. The summed E-state index contributed by atoms with van der Waals surface area (Å²) < 4.78 is 5.38. The molecule has 0 amide bonds. The topological polar surface area (TPSA) is 72.3 Å². The normalized spacial score (nSPS) is 10.3. The van der Waals surface area contributed by atoms with E-state index in [4.69, 9.17) is 44.6 Å². The maximum Gasteiger partial charge on any atom is 0.339 e. The number of halogens is 3. The van der Waals surface area contributed by atoms with Gasteiger partial charge in [0.2, 0.25) is 0 Å². The highest BCUT2D eigenvalue weighted by Crippen LogP contribution is 2.32. The number of carboxylic acid groups (broad SMARTS) is 1. The lowest BCUT2D eigenvalue weighted by molar-refractivity contribution is 0.0694. The molecule has 5 nitrogen and oxygen atoms in total. The molecule has 0 unspecified atom stereocenters. The second kappa shape index (κ2) is 5.61. The molecule has 0 bridgehead atoms. The first-order valence-electron chi connectivity index (χ1n) is 4.87. The van der Waals surface area contributed by atoms with Crippen LogP contribution < -0.4 is 4.74 Å². The van der Waals surface area contributed by atoms with E-state index < -0.39 is 5.97 Å². The summed E-state index contributed by atoms with van der Waals surface area (Å²) in [7, 11) is 0. The summed E-state index contributed by atoms with van der Waals surface area (Å²) in [6, 6.07) is 5.50. The fraction of sp³-hybridized carbons (Fsp3) is 0. The van der Waals surface area contributed by atoms with Crippen molar-refractivity contribution in [3.63, 3.8) is 0 Å². The highest BCUT2D eigenvalue weighted by Gasteiger charge is 2.15. The van der Waals surface area contributed by atoms with E-state index in [1.807, 2.05) is 0 Å². The third-order valence-corrected chi connectivity index (χ3v) is 2.76. The van der Waals surface area contributed by atoms with Gasteiger partial charge in [-0.2, -0.15) is 0 Å². The molecule has 98 valence electrons. The van der Waals surface area contributed by atoms with E-state index in [-0.39, 0.29) is 32.4 Å². The number of aromatic nitrogens is 2. The standard InChI is InChI=1S/C11H5Cl3N2O3/c12-5-1-2-7(6(3-5)11(17)18)19-8-4-9(13)15-16-10(8)14/h1-4H,(H,17,18). The van der Waals surface area contributed by atoms with E-state index in [1.54, 1.807) is 0 Å². The Morgan fingerprint density at radius 2 is 1.84 bits per heavy atom. The van der Waals surface area contributed by atoms with Crippen LogP contribution in [0.15, 0.2) is 24.3 Å². The number of aromatic carboxylic acids is 1. The van der Waals surface area contributed by atoms with Gasteiger partial charge in [-0.05, 0) is 18.2 Å².